The molecule has 0 saturated carbocycles. The Hall–Kier alpha value is -2.05. The summed E-state index contributed by atoms with van der Waals surface area (Å²) >= 11 is 0. The standard InChI is InChI=1S/C22H32N6/c1-16(2)22-24-13-18(14-25-22)15-27-7-9-28(10-8-27)19-11-17(3)26-21(12-19)20-5-4-6-23-20/h11-14,16,20,23H,4-10,15H2,1-3H3/t20-/m0/s1. The van der Waals surface area contributed by atoms with E-state index in [4.69, 9.17) is 4.98 Å². The van der Waals surface area contributed by atoms with Gasteiger partial charge in [-0.2, -0.15) is 0 Å². The molecule has 6 nitrogen and oxygen atoms in total. The minimum atomic E-state index is 0.380. The first-order chi connectivity index (χ1) is 13.6. The first kappa shape index (κ1) is 19.3. The maximum absolute atomic E-state index is 4.79. The zero-order chi connectivity index (χ0) is 19.5. The fourth-order valence-electron chi connectivity index (χ4n) is 4.14. The molecule has 2 saturated heterocycles. The molecule has 2 aromatic rings. The molecule has 1 N–H and O–H groups in total. The topological polar surface area (TPSA) is 57.2 Å². The molecular formula is C22H32N6. The van der Waals surface area contributed by atoms with Gasteiger partial charge < -0.3 is 10.2 Å². The van der Waals surface area contributed by atoms with E-state index in [0.717, 1.165) is 50.8 Å². The molecule has 1 atom stereocenters. The Morgan fingerprint density at radius 1 is 1.11 bits per heavy atom. The molecule has 2 aromatic heterocycles. The van der Waals surface area contributed by atoms with Crippen LogP contribution in [0.5, 0.6) is 0 Å². The zero-order valence-corrected chi connectivity index (χ0v) is 17.4. The van der Waals surface area contributed by atoms with Crippen LogP contribution in [0.15, 0.2) is 24.5 Å². The number of hydrogen-bond acceptors (Lipinski definition) is 6. The van der Waals surface area contributed by atoms with Gasteiger partial charge in [0, 0.05) is 74.0 Å². The van der Waals surface area contributed by atoms with E-state index in [1.165, 1.54) is 29.8 Å². The van der Waals surface area contributed by atoms with Crippen molar-refractivity contribution in [2.24, 2.45) is 0 Å². The summed E-state index contributed by atoms with van der Waals surface area (Å²) in [6, 6.07) is 4.95. The number of nitrogens with one attached hydrogen (secondary N) is 1. The van der Waals surface area contributed by atoms with Gasteiger partial charge in [0.15, 0.2) is 0 Å². The molecule has 0 radical (unpaired) electrons. The Morgan fingerprint density at radius 2 is 1.86 bits per heavy atom. The van der Waals surface area contributed by atoms with Crippen LogP contribution in [0.3, 0.4) is 0 Å². The second-order valence-electron chi connectivity index (χ2n) is 8.41. The molecule has 0 amide bonds. The lowest BCUT2D eigenvalue weighted by molar-refractivity contribution is 0.249. The number of nitrogens with zero attached hydrogens (tertiary/aromatic N) is 5. The van der Waals surface area contributed by atoms with E-state index in [9.17, 15) is 0 Å². The molecule has 28 heavy (non-hydrogen) atoms. The van der Waals surface area contributed by atoms with Crippen LogP contribution in [0.2, 0.25) is 0 Å². The van der Waals surface area contributed by atoms with Gasteiger partial charge in [-0.05, 0) is 38.4 Å². The lowest BCUT2D eigenvalue weighted by Gasteiger charge is -2.36. The minimum absolute atomic E-state index is 0.380. The van der Waals surface area contributed by atoms with Crippen LogP contribution >= 0.6 is 0 Å². The van der Waals surface area contributed by atoms with E-state index in [-0.39, 0.29) is 0 Å². The average molecular weight is 381 g/mol. The van der Waals surface area contributed by atoms with Crippen molar-refractivity contribution in [2.75, 3.05) is 37.6 Å². The third-order valence-corrected chi connectivity index (χ3v) is 5.76. The van der Waals surface area contributed by atoms with Crippen LogP contribution in [0.25, 0.3) is 0 Å². The van der Waals surface area contributed by atoms with Gasteiger partial charge in [0.05, 0.1) is 5.69 Å². The van der Waals surface area contributed by atoms with Crippen molar-refractivity contribution in [3.8, 4) is 0 Å². The number of aromatic nitrogens is 3. The molecule has 0 bridgehead atoms. The van der Waals surface area contributed by atoms with Crippen molar-refractivity contribution in [3.63, 3.8) is 0 Å². The summed E-state index contributed by atoms with van der Waals surface area (Å²) < 4.78 is 0. The SMILES string of the molecule is Cc1cc(N2CCN(Cc3cnc(C(C)C)nc3)CC2)cc([C@@H]2CCCN2)n1. The van der Waals surface area contributed by atoms with Crippen LogP contribution in [-0.4, -0.2) is 52.6 Å². The summed E-state index contributed by atoms with van der Waals surface area (Å²) in [6.45, 7) is 12.6. The summed E-state index contributed by atoms with van der Waals surface area (Å²) in [7, 11) is 0. The normalized spacial score (nSPS) is 20.9. The Balaban J connectivity index is 1.36. The third-order valence-electron chi connectivity index (χ3n) is 5.76. The predicted molar refractivity (Wildman–Crippen MR) is 113 cm³/mol. The van der Waals surface area contributed by atoms with E-state index in [1.807, 2.05) is 12.4 Å². The summed E-state index contributed by atoms with van der Waals surface area (Å²) in [5.41, 5.74) is 4.84. The van der Waals surface area contributed by atoms with Crippen molar-refractivity contribution < 1.29 is 0 Å². The lowest BCUT2D eigenvalue weighted by Crippen LogP contribution is -2.46. The average Bonchev–Trinajstić information content (AvgIpc) is 3.23. The zero-order valence-electron chi connectivity index (χ0n) is 17.4. The van der Waals surface area contributed by atoms with Crippen molar-refractivity contribution in [2.45, 2.75) is 52.1 Å². The second kappa shape index (κ2) is 8.53. The first-order valence-corrected chi connectivity index (χ1v) is 10.6. The summed E-state index contributed by atoms with van der Waals surface area (Å²) in [5, 5.41) is 3.57. The van der Waals surface area contributed by atoms with Gasteiger partial charge in [0.2, 0.25) is 0 Å². The molecule has 4 rings (SSSR count). The summed E-state index contributed by atoms with van der Waals surface area (Å²) in [6.07, 6.45) is 6.42. The number of piperazine rings is 1. The molecule has 4 heterocycles. The van der Waals surface area contributed by atoms with Gasteiger partial charge in [0.1, 0.15) is 5.82 Å². The molecule has 2 fully saturated rings. The molecule has 0 aromatic carbocycles. The van der Waals surface area contributed by atoms with Crippen molar-refractivity contribution in [1.29, 1.82) is 0 Å². The van der Waals surface area contributed by atoms with Crippen LogP contribution in [0.4, 0.5) is 5.69 Å². The summed E-state index contributed by atoms with van der Waals surface area (Å²) in [4.78, 5) is 18.8. The highest BCUT2D eigenvalue weighted by molar-refractivity contribution is 5.49. The Labute approximate surface area is 168 Å². The molecule has 0 aliphatic carbocycles. The van der Waals surface area contributed by atoms with Crippen molar-refractivity contribution >= 4 is 5.69 Å². The van der Waals surface area contributed by atoms with Crippen molar-refractivity contribution in [3.05, 3.63) is 47.3 Å². The van der Waals surface area contributed by atoms with Gasteiger partial charge in [0.25, 0.3) is 0 Å². The Kier molecular flexibility index (Phi) is 5.87. The Bertz CT molecular complexity index is 774. The number of pyridine rings is 1. The van der Waals surface area contributed by atoms with Crippen LogP contribution < -0.4 is 10.2 Å². The predicted octanol–water partition coefficient (Wildman–Crippen LogP) is 3.05. The first-order valence-electron chi connectivity index (χ1n) is 10.6. The van der Waals surface area contributed by atoms with Crippen LogP contribution in [0.1, 0.15) is 61.4 Å². The van der Waals surface area contributed by atoms with E-state index in [0.29, 0.717) is 12.0 Å². The lowest BCUT2D eigenvalue weighted by atomic mass is 10.1. The monoisotopic (exact) mass is 380 g/mol. The van der Waals surface area contributed by atoms with Gasteiger partial charge in [-0.15, -0.1) is 0 Å². The van der Waals surface area contributed by atoms with E-state index < -0.39 is 0 Å². The largest absolute Gasteiger partial charge is 0.369 e. The highest BCUT2D eigenvalue weighted by atomic mass is 15.3. The maximum atomic E-state index is 4.79. The molecule has 2 aliphatic heterocycles. The molecule has 0 unspecified atom stereocenters. The van der Waals surface area contributed by atoms with E-state index in [2.05, 4.69) is 58.0 Å². The number of anilines is 1. The number of aryl methyl sites for hydroxylation is 1. The molecule has 6 heteroatoms. The molecular weight excluding hydrogens is 348 g/mol. The number of hydrogen-bond donors (Lipinski definition) is 1. The fourth-order valence-corrected chi connectivity index (χ4v) is 4.14. The third kappa shape index (κ3) is 4.50. The quantitative estimate of drug-likeness (QED) is 0.860. The van der Waals surface area contributed by atoms with Crippen LogP contribution in [0, 0.1) is 6.92 Å². The summed E-state index contributed by atoms with van der Waals surface area (Å²) in [5.74, 6) is 1.31. The van der Waals surface area contributed by atoms with Gasteiger partial charge >= 0.3 is 0 Å². The van der Waals surface area contributed by atoms with E-state index >= 15 is 0 Å². The number of rotatable bonds is 5. The van der Waals surface area contributed by atoms with Crippen molar-refractivity contribution in [1.82, 2.24) is 25.2 Å². The Morgan fingerprint density at radius 3 is 2.50 bits per heavy atom. The van der Waals surface area contributed by atoms with Gasteiger partial charge in [-0.3, -0.25) is 9.88 Å². The maximum Gasteiger partial charge on any atom is 0.130 e. The molecule has 2 aliphatic rings. The second-order valence-corrected chi connectivity index (χ2v) is 8.41. The van der Waals surface area contributed by atoms with Crippen LogP contribution in [-0.2, 0) is 6.54 Å². The highest BCUT2D eigenvalue weighted by Crippen LogP contribution is 2.26. The smallest absolute Gasteiger partial charge is 0.130 e. The van der Waals surface area contributed by atoms with Gasteiger partial charge in [-0.1, -0.05) is 13.8 Å². The van der Waals surface area contributed by atoms with Gasteiger partial charge in [-0.25, -0.2) is 9.97 Å². The minimum Gasteiger partial charge on any atom is -0.369 e. The van der Waals surface area contributed by atoms with E-state index in [1.54, 1.807) is 0 Å². The fraction of sp³-hybridized carbons (Fsp3) is 0.591. The molecule has 0 spiro atoms. The highest BCUT2D eigenvalue weighted by Gasteiger charge is 2.22. The molecule has 150 valence electrons.